The van der Waals surface area contributed by atoms with Gasteiger partial charge in [0.2, 0.25) is 6.08 Å². The molecule has 1 aromatic carbocycles. The molecule has 90 valence electrons. The van der Waals surface area contributed by atoms with Crippen LogP contribution in [0.1, 0.15) is 17.9 Å². The molecule has 0 saturated carbocycles. The molecule has 1 rings (SSSR count). The van der Waals surface area contributed by atoms with Crippen molar-refractivity contribution < 1.29 is 14.7 Å². The van der Waals surface area contributed by atoms with Crippen LogP contribution in [-0.4, -0.2) is 23.7 Å². The molecule has 1 aromatic rings. The van der Waals surface area contributed by atoms with Crippen molar-refractivity contribution in [1.29, 1.82) is 0 Å². The maximum atomic E-state index is 10.7. The van der Waals surface area contributed by atoms with Crippen LogP contribution < -0.4 is 5.73 Å². The van der Waals surface area contributed by atoms with Gasteiger partial charge in [-0.25, -0.2) is 4.79 Å². The van der Waals surface area contributed by atoms with Crippen molar-refractivity contribution in [3.63, 3.8) is 0 Å². The highest BCUT2D eigenvalue weighted by molar-refractivity contribution is 6.30. The van der Waals surface area contributed by atoms with Gasteiger partial charge in [-0.2, -0.15) is 4.99 Å². The second kappa shape index (κ2) is 6.15. The number of nitrogens with two attached hydrogens (primary N) is 1. The molecule has 0 aliphatic carbocycles. The molecular formula is C11H11ClN2O3. The molecule has 0 bridgehead atoms. The third-order valence-electron chi connectivity index (χ3n) is 2.30. The lowest BCUT2D eigenvalue weighted by Gasteiger charge is -2.14. The Hall–Kier alpha value is -1.68. The van der Waals surface area contributed by atoms with E-state index in [0.717, 1.165) is 0 Å². The fourth-order valence-electron chi connectivity index (χ4n) is 1.54. The molecule has 0 spiro atoms. The first-order valence-corrected chi connectivity index (χ1v) is 5.25. The summed E-state index contributed by atoms with van der Waals surface area (Å²) in [6.45, 7) is 0.148. The highest BCUT2D eigenvalue weighted by Gasteiger charge is 2.17. The number of halogens is 1. The van der Waals surface area contributed by atoms with Crippen molar-refractivity contribution in [2.75, 3.05) is 6.54 Å². The molecule has 0 amide bonds. The molecule has 6 heteroatoms. The van der Waals surface area contributed by atoms with Gasteiger partial charge in [0.25, 0.3) is 0 Å². The van der Waals surface area contributed by atoms with Gasteiger partial charge in [0, 0.05) is 10.9 Å². The standard InChI is InChI=1S/C11H11ClN2O3/c12-8-1-2-9(10(4-8)14-6-15)7(5-13)3-11(16)17/h1-2,4,7H,3,5,13H2,(H,16,17)/t7-/m0/s1. The Labute approximate surface area is 103 Å². The summed E-state index contributed by atoms with van der Waals surface area (Å²) in [5, 5.41) is 9.17. The third kappa shape index (κ3) is 3.67. The van der Waals surface area contributed by atoms with E-state index in [1.54, 1.807) is 12.1 Å². The topological polar surface area (TPSA) is 92.8 Å². The monoisotopic (exact) mass is 254 g/mol. The van der Waals surface area contributed by atoms with E-state index in [4.69, 9.17) is 22.4 Å². The normalized spacial score (nSPS) is 11.6. The molecule has 0 fully saturated rings. The van der Waals surface area contributed by atoms with Gasteiger partial charge >= 0.3 is 5.97 Å². The van der Waals surface area contributed by atoms with Gasteiger partial charge in [0.05, 0.1) is 12.1 Å². The molecule has 0 aliphatic rings. The highest BCUT2D eigenvalue weighted by Crippen LogP contribution is 2.31. The van der Waals surface area contributed by atoms with Crippen LogP contribution in [0.4, 0.5) is 5.69 Å². The molecule has 0 aromatic heterocycles. The predicted octanol–water partition coefficient (Wildman–Crippen LogP) is 1.82. The average molecular weight is 255 g/mol. The van der Waals surface area contributed by atoms with E-state index in [2.05, 4.69) is 4.99 Å². The van der Waals surface area contributed by atoms with Crippen molar-refractivity contribution in [2.45, 2.75) is 12.3 Å². The largest absolute Gasteiger partial charge is 0.481 e. The number of benzene rings is 1. The fraction of sp³-hybridized carbons (Fsp3) is 0.273. The van der Waals surface area contributed by atoms with Gasteiger partial charge in [-0.3, -0.25) is 4.79 Å². The van der Waals surface area contributed by atoms with Crippen molar-refractivity contribution in [2.24, 2.45) is 10.7 Å². The van der Waals surface area contributed by atoms with Crippen LogP contribution in [0, 0.1) is 0 Å². The van der Waals surface area contributed by atoms with Crippen LogP contribution in [-0.2, 0) is 9.59 Å². The van der Waals surface area contributed by atoms with E-state index in [1.807, 2.05) is 0 Å². The number of rotatable bonds is 5. The average Bonchev–Trinajstić information content (AvgIpc) is 2.27. The summed E-state index contributed by atoms with van der Waals surface area (Å²) >= 11 is 5.77. The Bertz CT molecular complexity index is 470. The molecule has 0 saturated heterocycles. The van der Waals surface area contributed by atoms with Crippen LogP contribution in [0.5, 0.6) is 0 Å². The van der Waals surface area contributed by atoms with E-state index < -0.39 is 11.9 Å². The summed E-state index contributed by atoms with van der Waals surface area (Å²) in [7, 11) is 0. The van der Waals surface area contributed by atoms with Gasteiger partial charge in [-0.1, -0.05) is 17.7 Å². The van der Waals surface area contributed by atoms with Crippen molar-refractivity contribution in [3.05, 3.63) is 28.8 Å². The van der Waals surface area contributed by atoms with Gasteiger partial charge in [-0.15, -0.1) is 0 Å². The number of aliphatic imine (C=N–C) groups is 1. The summed E-state index contributed by atoms with van der Waals surface area (Å²) in [6, 6.07) is 4.70. The number of nitrogens with zero attached hydrogens (tertiary/aromatic N) is 1. The summed E-state index contributed by atoms with van der Waals surface area (Å²) in [5.41, 5.74) is 6.41. The van der Waals surface area contributed by atoms with E-state index in [1.165, 1.54) is 12.1 Å². The molecule has 0 radical (unpaired) electrons. The van der Waals surface area contributed by atoms with Crippen molar-refractivity contribution in [3.8, 4) is 0 Å². The lowest BCUT2D eigenvalue weighted by atomic mass is 9.94. The van der Waals surface area contributed by atoms with Gasteiger partial charge in [0.15, 0.2) is 0 Å². The Morgan fingerprint density at radius 2 is 2.29 bits per heavy atom. The molecular weight excluding hydrogens is 244 g/mol. The lowest BCUT2D eigenvalue weighted by Crippen LogP contribution is -2.16. The smallest absolute Gasteiger partial charge is 0.304 e. The zero-order chi connectivity index (χ0) is 12.8. The maximum Gasteiger partial charge on any atom is 0.304 e. The quantitative estimate of drug-likeness (QED) is 0.619. The molecule has 1 atom stereocenters. The van der Waals surface area contributed by atoms with E-state index in [-0.39, 0.29) is 13.0 Å². The molecule has 5 nitrogen and oxygen atoms in total. The Kier molecular flexibility index (Phi) is 4.84. The van der Waals surface area contributed by atoms with E-state index >= 15 is 0 Å². The number of isocyanates is 1. The highest BCUT2D eigenvalue weighted by atomic mass is 35.5. The number of carbonyl (C=O) groups is 1. The maximum absolute atomic E-state index is 10.7. The zero-order valence-electron chi connectivity index (χ0n) is 8.89. The molecule has 0 unspecified atom stereocenters. The lowest BCUT2D eigenvalue weighted by molar-refractivity contribution is -0.137. The zero-order valence-corrected chi connectivity index (χ0v) is 9.65. The summed E-state index contributed by atoms with van der Waals surface area (Å²) < 4.78 is 0. The van der Waals surface area contributed by atoms with Crippen molar-refractivity contribution >= 4 is 29.3 Å². The number of aliphatic carboxylic acids is 1. The fourth-order valence-corrected chi connectivity index (χ4v) is 1.71. The van der Waals surface area contributed by atoms with E-state index in [9.17, 15) is 9.59 Å². The number of carbonyl (C=O) groups excluding carboxylic acids is 1. The first-order chi connectivity index (χ1) is 8.08. The van der Waals surface area contributed by atoms with Crippen LogP contribution in [0.15, 0.2) is 23.2 Å². The van der Waals surface area contributed by atoms with Gasteiger partial charge in [0.1, 0.15) is 0 Å². The number of hydrogen-bond acceptors (Lipinski definition) is 4. The minimum atomic E-state index is -0.962. The third-order valence-corrected chi connectivity index (χ3v) is 2.54. The number of carboxylic acids is 1. The second-order valence-corrected chi connectivity index (χ2v) is 3.87. The number of carboxylic acid groups (broad SMARTS) is 1. The predicted molar refractivity (Wildman–Crippen MR) is 63.3 cm³/mol. The SMILES string of the molecule is NC[C@H](CC(=O)O)c1ccc(Cl)cc1N=C=O. The Morgan fingerprint density at radius 1 is 1.59 bits per heavy atom. The molecule has 3 N–H and O–H groups in total. The first kappa shape index (κ1) is 13.4. The first-order valence-electron chi connectivity index (χ1n) is 4.87. The molecule has 17 heavy (non-hydrogen) atoms. The summed E-state index contributed by atoms with van der Waals surface area (Å²) in [4.78, 5) is 24.5. The molecule has 0 heterocycles. The van der Waals surface area contributed by atoms with Crippen LogP contribution in [0.3, 0.4) is 0 Å². The minimum absolute atomic E-state index is 0.125. The number of hydrogen-bond donors (Lipinski definition) is 2. The summed E-state index contributed by atoms with van der Waals surface area (Å²) in [5.74, 6) is -1.37. The Balaban J connectivity index is 3.17. The van der Waals surface area contributed by atoms with Crippen LogP contribution in [0.25, 0.3) is 0 Å². The van der Waals surface area contributed by atoms with Gasteiger partial charge in [-0.05, 0) is 24.2 Å². The van der Waals surface area contributed by atoms with Crippen molar-refractivity contribution in [1.82, 2.24) is 0 Å². The van der Waals surface area contributed by atoms with E-state index in [0.29, 0.717) is 16.3 Å². The minimum Gasteiger partial charge on any atom is -0.481 e. The Morgan fingerprint density at radius 3 is 2.82 bits per heavy atom. The van der Waals surface area contributed by atoms with Gasteiger partial charge < -0.3 is 10.8 Å². The summed E-state index contributed by atoms with van der Waals surface area (Å²) in [6.07, 6.45) is 1.29. The second-order valence-electron chi connectivity index (χ2n) is 3.44. The van der Waals surface area contributed by atoms with Crippen LogP contribution >= 0.6 is 11.6 Å². The molecule has 0 aliphatic heterocycles. The van der Waals surface area contributed by atoms with Crippen LogP contribution in [0.2, 0.25) is 5.02 Å².